The maximum Gasteiger partial charge on any atom is 0.0806 e. The summed E-state index contributed by atoms with van der Waals surface area (Å²) >= 11 is 0. The zero-order valence-electron chi connectivity index (χ0n) is 13.5. The Kier molecular flexibility index (Phi) is 6.79. The number of hydrogen-bond donors (Lipinski definition) is 1. The van der Waals surface area contributed by atoms with Gasteiger partial charge in [0, 0.05) is 19.8 Å². The largest absolute Gasteiger partial charge is 0.381 e. The van der Waals surface area contributed by atoms with Crippen LogP contribution in [0.2, 0.25) is 0 Å². The Bertz CT molecular complexity index is 256. The van der Waals surface area contributed by atoms with Gasteiger partial charge in [0.2, 0.25) is 0 Å². The van der Waals surface area contributed by atoms with Gasteiger partial charge in [-0.25, -0.2) is 0 Å². The Morgan fingerprint density at radius 1 is 1.05 bits per heavy atom. The smallest absolute Gasteiger partial charge is 0.0806 e. The topological polar surface area (TPSA) is 30.5 Å². The van der Waals surface area contributed by atoms with E-state index in [0.29, 0.717) is 5.92 Å². The van der Waals surface area contributed by atoms with E-state index in [-0.39, 0.29) is 5.60 Å². The van der Waals surface area contributed by atoms with Crippen LogP contribution in [0.5, 0.6) is 0 Å². The van der Waals surface area contributed by atoms with Gasteiger partial charge >= 0.3 is 0 Å². The van der Waals surface area contributed by atoms with Gasteiger partial charge in [-0.1, -0.05) is 20.3 Å². The molecule has 0 amide bonds. The van der Waals surface area contributed by atoms with Gasteiger partial charge in [0.15, 0.2) is 0 Å². The second-order valence-electron chi connectivity index (χ2n) is 6.68. The number of rotatable bonds is 7. The fraction of sp³-hybridized carbons (Fsp3) is 1.00. The quantitative estimate of drug-likeness (QED) is 0.777. The molecule has 20 heavy (non-hydrogen) atoms. The lowest BCUT2D eigenvalue weighted by molar-refractivity contribution is -0.0989. The van der Waals surface area contributed by atoms with Crippen LogP contribution < -0.4 is 5.32 Å². The predicted molar refractivity (Wildman–Crippen MR) is 83.0 cm³/mol. The number of likely N-dealkylation sites (N-methyl/N-ethyl adjacent to an activating group) is 1. The van der Waals surface area contributed by atoms with Crippen molar-refractivity contribution < 1.29 is 9.47 Å². The van der Waals surface area contributed by atoms with Crippen LogP contribution in [0.3, 0.4) is 0 Å². The average molecular weight is 283 g/mol. The third kappa shape index (κ3) is 4.71. The molecule has 0 aromatic heterocycles. The molecular formula is C17H33NO2. The summed E-state index contributed by atoms with van der Waals surface area (Å²) in [6, 6.07) is 0. The molecule has 2 fully saturated rings. The zero-order valence-corrected chi connectivity index (χ0v) is 13.5. The molecule has 0 bridgehead atoms. The molecule has 118 valence electrons. The van der Waals surface area contributed by atoms with Crippen LogP contribution in [-0.4, -0.2) is 38.5 Å². The van der Waals surface area contributed by atoms with Crippen molar-refractivity contribution in [3.05, 3.63) is 0 Å². The van der Waals surface area contributed by atoms with E-state index < -0.39 is 0 Å². The summed E-state index contributed by atoms with van der Waals surface area (Å²) in [6.45, 7) is 9.36. The zero-order chi connectivity index (χ0) is 14.3. The first-order valence-corrected chi connectivity index (χ1v) is 8.70. The molecule has 3 nitrogen and oxygen atoms in total. The summed E-state index contributed by atoms with van der Waals surface area (Å²) in [4.78, 5) is 0. The third-order valence-electron chi connectivity index (χ3n) is 5.26. The molecule has 0 radical (unpaired) electrons. The first-order chi connectivity index (χ1) is 9.78. The summed E-state index contributed by atoms with van der Waals surface area (Å²) in [5.74, 6) is 1.64. The number of nitrogens with one attached hydrogen (secondary N) is 1. The van der Waals surface area contributed by atoms with E-state index in [4.69, 9.17) is 9.47 Å². The van der Waals surface area contributed by atoms with Crippen molar-refractivity contribution in [3.63, 3.8) is 0 Å². The van der Waals surface area contributed by atoms with Crippen LogP contribution >= 0.6 is 0 Å². The van der Waals surface area contributed by atoms with Crippen molar-refractivity contribution in [1.29, 1.82) is 0 Å². The van der Waals surface area contributed by atoms with Crippen LogP contribution in [0.25, 0.3) is 0 Å². The minimum atomic E-state index is 0.111. The molecule has 0 spiro atoms. The van der Waals surface area contributed by atoms with Gasteiger partial charge in [0.25, 0.3) is 0 Å². The maximum atomic E-state index is 6.49. The molecule has 2 rings (SSSR count). The highest BCUT2D eigenvalue weighted by atomic mass is 16.5. The second kappa shape index (κ2) is 8.35. The minimum Gasteiger partial charge on any atom is -0.381 e. The Morgan fingerprint density at radius 2 is 1.75 bits per heavy atom. The monoisotopic (exact) mass is 283 g/mol. The molecule has 1 aliphatic carbocycles. The van der Waals surface area contributed by atoms with Crippen molar-refractivity contribution in [3.8, 4) is 0 Å². The van der Waals surface area contributed by atoms with Crippen LogP contribution in [0.15, 0.2) is 0 Å². The Morgan fingerprint density at radius 3 is 2.35 bits per heavy atom. The van der Waals surface area contributed by atoms with Gasteiger partial charge in [-0.15, -0.1) is 0 Å². The van der Waals surface area contributed by atoms with E-state index in [2.05, 4.69) is 19.2 Å². The van der Waals surface area contributed by atoms with E-state index >= 15 is 0 Å². The van der Waals surface area contributed by atoms with Crippen LogP contribution in [0.4, 0.5) is 0 Å². The van der Waals surface area contributed by atoms with Crippen molar-refractivity contribution in [2.45, 2.75) is 64.4 Å². The first kappa shape index (κ1) is 16.3. The van der Waals surface area contributed by atoms with Crippen LogP contribution in [-0.2, 0) is 9.47 Å². The molecule has 1 saturated carbocycles. The molecule has 1 aliphatic heterocycles. The highest BCUT2D eigenvalue weighted by Gasteiger charge is 2.36. The van der Waals surface area contributed by atoms with Crippen molar-refractivity contribution >= 4 is 0 Å². The lowest BCUT2D eigenvalue weighted by Gasteiger charge is -2.41. The highest BCUT2D eigenvalue weighted by Crippen LogP contribution is 2.36. The molecule has 0 atom stereocenters. The fourth-order valence-corrected chi connectivity index (χ4v) is 3.54. The standard InChI is InChI=1S/C17H33NO2/c1-3-15-5-9-17(10-6-15,14-18-4-2)20-13-16-7-11-19-12-8-16/h15-16,18H,3-14H2,1-2H3. The highest BCUT2D eigenvalue weighted by molar-refractivity contribution is 4.89. The second-order valence-corrected chi connectivity index (χ2v) is 6.68. The Hall–Kier alpha value is -0.120. The lowest BCUT2D eigenvalue weighted by atomic mass is 9.77. The summed E-state index contributed by atoms with van der Waals surface area (Å²) in [5.41, 5.74) is 0.111. The van der Waals surface area contributed by atoms with Gasteiger partial charge in [0.1, 0.15) is 0 Å². The molecule has 1 N–H and O–H groups in total. The predicted octanol–water partition coefficient (Wildman–Crippen LogP) is 3.38. The Balaban J connectivity index is 1.82. The van der Waals surface area contributed by atoms with E-state index in [0.717, 1.165) is 38.8 Å². The third-order valence-corrected chi connectivity index (χ3v) is 5.26. The van der Waals surface area contributed by atoms with Crippen molar-refractivity contribution in [2.75, 3.05) is 32.9 Å². The molecular weight excluding hydrogens is 250 g/mol. The van der Waals surface area contributed by atoms with Gasteiger partial charge in [-0.2, -0.15) is 0 Å². The van der Waals surface area contributed by atoms with E-state index in [9.17, 15) is 0 Å². The molecule has 1 saturated heterocycles. The SMILES string of the molecule is CCNCC1(OCC2CCOCC2)CCC(CC)CC1. The van der Waals surface area contributed by atoms with Crippen molar-refractivity contribution in [1.82, 2.24) is 5.32 Å². The molecule has 0 aromatic carbocycles. The average Bonchev–Trinajstić information content (AvgIpc) is 2.53. The van der Waals surface area contributed by atoms with E-state index in [1.807, 2.05) is 0 Å². The first-order valence-electron chi connectivity index (χ1n) is 8.70. The molecule has 0 aromatic rings. The molecule has 3 heteroatoms. The fourth-order valence-electron chi connectivity index (χ4n) is 3.54. The molecule has 0 unspecified atom stereocenters. The maximum absolute atomic E-state index is 6.49. The van der Waals surface area contributed by atoms with Crippen LogP contribution in [0.1, 0.15) is 58.8 Å². The van der Waals surface area contributed by atoms with E-state index in [1.54, 1.807) is 0 Å². The normalized spacial score (nSPS) is 32.4. The van der Waals surface area contributed by atoms with Gasteiger partial charge in [0.05, 0.1) is 12.2 Å². The van der Waals surface area contributed by atoms with Gasteiger partial charge < -0.3 is 14.8 Å². The van der Waals surface area contributed by atoms with Gasteiger partial charge in [-0.05, 0) is 56.9 Å². The minimum absolute atomic E-state index is 0.111. The van der Waals surface area contributed by atoms with Gasteiger partial charge in [-0.3, -0.25) is 0 Å². The van der Waals surface area contributed by atoms with Crippen LogP contribution in [0, 0.1) is 11.8 Å². The summed E-state index contributed by atoms with van der Waals surface area (Å²) in [7, 11) is 0. The van der Waals surface area contributed by atoms with E-state index in [1.165, 1.54) is 44.9 Å². The summed E-state index contributed by atoms with van der Waals surface area (Å²) < 4.78 is 11.9. The lowest BCUT2D eigenvalue weighted by Crippen LogP contribution is -2.47. The molecule has 1 heterocycles. The Labute approximate surface area is 124 Å². The number of ether oxygens (including phenoxy) is 2. The summed E-state index contributed by atoms with van der Waals surface area (Å²) in [5, 5.41) is 3.53. The molecule has 2 aliphatic rings. The van der Waals surface area contributed by atoms with Crippen molar-refractivity contribution in [2.24, 2.45) is 11.8 Å². The summed E-state index contributed by atoms with van der Waals surface area (Å²) in [6.07, 6.45) is 8.84. The number of hydrogen-bond acceptors (Lipinski definition) is 3.